The molecule has 1 aliphatic heterocycles. The second-order valence-electron chi connectivity index (χ2n) is 4.99. The summed E-state index contributed by atoms with van der Waals surface area (Å²) in [5, 5.41) is 4.99. The minimum Gasteiger partial charge on any atom is -0.368 e. The number of anilines is 1. The minimum atomic E-state index is 0.794. The lowest BCUT2D eigenvalue weighted by atomic mass is 10.2. The zero-order valence-electron chi connectivity index (χ0n) is 12.2. The molecular formula is C17H20Cl2N2. The molecule has 0 saturated carbocycles. The molecule has 0 unspecified atom stereocenters. The molecule has 0 aromatic heterocycles. The monoisotopic (exact) mass is 322 g/mol. The summed E-state index contributed by atoms with van der Waals surface area (Å²) in [6, 6.07) is 15.7. The standard InChI is InChI=1S/C11H15ClN2.C6H5Cl/c1-9-2-3-11(10(12)8-9)14-6-4-13-5-7-14;7-6-4-2-1-3-5-6/h2-3,8,13H,4-7H2,1H3;1-5H. The van der Waals surface area contributed by atoms with E-state index in [-0.39, 0.29) is 0 Å². The van der Waals surface area contributed by atoms with Crippen molar-refractivity contribution >= 4 is 28.9 Å². The molecule has 0 atom stereocenters. The summed E-state index contributed by atoms with van der Waals surface area (Å²) in [4.78, 5) is 2.33. The van der Waals surface area contributed by atoms with Gasteiger partial charge >= 0.3 is 0 Å². The largest absolute Gasteiger partial charge is 0.368 e. The lowest BCUT2D eigenvalue weighted by Gasteiger charge is -2.30. The van der Waals surface area contributed by atoms with Crippen molar-refractivity contribution in [3.05, 3.63) is 64.1 Å². The number of nitrogens with zero attached hydrogens (tertiary/aromatic N) is 1. The first kappa shape index (κ1) is 16.2. The van der Waals surface area contributed by atoms with Gasteiger partial charge in [-0.25, -0.2) is 0 Å². The third-order valence-electron chi connectivity index (χ3n) is 3.29. The third kappa shape index (κ3) is 5.24. The second kappa shape index (κ2) is 8.28. The highest BCUT2D eigenvalue weighted by Gasteiger charge is 2.12. The lowest BCUT2D eigenvalue weighted by molar-refractivity contribution is 0.589. The maximum Gasteiger partial charge on any atom is 0.0642 e. The Bertz CT molecular complexity index is 552. The maximum absolute atomic E-state index is 6.20. The first-order valence-electron chi connectivity index (χ1n) is 7.09. The van der Waals surface area contributed by atoms with Crippen molar-refractivity contribution in [2.45, 2.75) is 6.92 Å². The van der Waals surface area contributed by atoms with Gasteiger partial charge in [0, 0.05) is 31.2 Å². The second-order valence-corrected chi connectivity index (χ2v) is 5.83. The van der Waals surface area contributed by atoms with Crippen LogP contribution in [0.5, 0.6) is 0 Å². The van der Waals surface area contributed by atoms with E-state index in [2.05, 4.69) is 29.3 Å². The number of benzene rings is 2. The van der Waals surface area contributed by atoms with Gasteiger partial charge in [-0.2, -0.15) is 0 Å². The molecule has 1 saturated heterocycles. The van der Waals surface area contributed by atoms with Crippen LogP contribution in [-0.2, 0) is 0 Å². The Morgan fingerprint density at radius 3 is 2.14 bits per heavy atom. The SMILES string of the molecule is Cc1ccc(N2CCNCC2)c(Cl)c1.Clc1ccccc1. The van der Waals surface area contributed by atoms with E-state index in [1.807, 2.05) is 36.4 Å². The fraction of sp³-hybridized carbons (Fsp3) is 0.294. The van der Waals surface area contributed by atoms with Gasteiger partial charge in [0.15, 0.2) is 0 Å². The number of hydrogen-bond donors (Lipinski definition) is 1. The van der Waals surface area contributed by atoms with Crippen molar-refractivity contribution in [1.82, 2.24) is 5.32 Å². The molecule has 2 aromatic rings. The highest BCUT2D eigenvalue weighted by molar-refractivity contribution is 6.33. The van der Waals surface area contributed by atoms with Crippen molar-refractivity contribution in [3.63, 3.8) is 0 Å². The zero-order chi connectivity index (χ0) is 15.1. The van der Waals surface area contributed by atoms with Crippen LogP contribution >= 0.6 is 23.2 Å². The molecule has 4 heteroatoms. The highest BCUT2D eigenvalue weighted by Crippen LogP contribution is 2.26. The van der Waals surface area contributed by atoms with Gasteiger partial charge in [-0.3, -0.25) is 0 Å². The number of halogens is 2. The van der Waals surface area contributed by atoms with Crippen LogP contribution in [0.15, 0.2) is 48.5 Å². The van der Waals surface area contributed by atoms with E-state index < -0.39 is 0 Å². The molecule has 0 bridgehead atoms. The van der Waals surface area contributed by atoms with Crippen LogP contribution in [0.2, 0.25) is 10.0 Å². The average Bonchev–Trinajstić information content (AvgIpc) is 2.49. The normalized spacial score (nSPS) is 14.3. The fourth-order valence-electron chi connectivity index (χ4n) is 2.19. The Labute approximate surface area is 136 Å². The Kier molecular flexibility index (Phi) is 6.37. The molecule has 1 aliphatic rings. The Morgan fingerprint density at radius 1 is 0.952 bits per heavy atom. The van der Waals surface area contributed by atoms with Crippen molar-refractivity contribution in [2.75, 3.05) is 31.1 Å². The Balaban J connectivity index is 0.000000194. The van der Waals surface area contributed by atoms with E-state index in [0.29, 0.717) is 0 Å². The molecular weight excluding hydrogens is 303 g/mol. The van der Waals surface area contributed by atoms with Crippen LogP contribution < -0.4 is 10.2 Å². The molecule has 2 aromatic carbocycles. The van der Waals surface area contributed by atoms with Gasteiger partial charge < -0.3 is 10.2 Å². The molecule has 0 amide bonds. The predicted octanol–water partition coefficient (Wildman–Crippen LogP) is 4.40. The van der Waals surface area contributed by atoms with Gasteiger partial charge in [-0.05, 0) is 36.8 Å². The van der Waals surface area contributed by atoms with E-state index >= 15 is 0 Å². The first-order valence-corrected chi connectivity index (χ1v) is 7.85. The average molecular weight is 323 g/mol. The molecule has 0 spiro atoms. The van der Waals surface area contributed by atoms with Crippen LogP contribution in [0.3, 0.4) is 0 Å². The highest BCUT2D eigenvalue weighted by atomic mass is 35.5. The number of rotatable bonds is 1. The predicted molar refractivity (Wildman–Crippen MR) is 92.7 cm³/mol. The molecule has 112 valence electrons. The van der Waals surface area contributed by atoms with E-state index in [1.54, 1.807) is 0 Å². The summed E-state index contributed by atoms with van der Waals surface area (Å²) < 4.78 is 0. The van der Waals surface area contributed by atoms with E-state index in [4.69, 9.17) is 23.2 Å². The Morgan fingerprint density at radius 2 is 1.62 bits per heavy atom. The summed E-state index contributed by atoms with van der Waals surface area (Å²) in [5.41, 5.74) is 2.38. The molecule has 1 heterocycles. The smallest absolute Gasteiger partial charge is 0.0642 e. The lowest BCUT2D eigenvalue weighted by Crippen LogP contribution is -2.43. The number of nitrogens with one attached hydrogen (secondary N) is 1. The van der Waals surface area contributed by atoms with E-state index in [1.165, 1.54) is 11.3 Å². The zero-order valence-corrected chi connectivity index (χ0v) is 13.7. The summed E-state index contributed by atoms with van der Waals surface area (Å²) in [5.74, 6) is 0. The molecule has 0 radical (unpaired) electrons. The minimum absolute atomic E-state index is 0.794. The topological polar surface area (TPSA) is 15.3 Å². The van der Waals surface area contributed by atoms with Crippen molar-refractivity contribution in [1.29, 1.82) is 0 Å². The molecule has 2 nitrogen and oxygen atoms in total. The molecule has 0 aliphatic carbocycles. The van der Waals surface area contributed by atoms with Crippen molar-refractivity contribution in [3.8, 4) is 0 Å². The number of aryl methyl sites for hydroxylation is 1. The van der Waals surface area contributed by atoms with Crippen molar-refractivity contribution < 1.29 is 0 Å². The summed E-state index contributed by atoms with van der Waals surface area (Å²) >= 11 is 11.7. The van der Waals surface area contributed by atoms with Crippen LogP contribution in [-0.4, -0.2) is 26.2 Å². The van der Waals surface area contributed by atoms with Crippen LogP contribution in [0, 0.1) is 6.92 Å². The fourth-order valence-corrected chi connectivity index (χ4v) is 2.69. The summed E-state index contributed by atoms with van der Waals surface area (Å²) in [7, 11) is 0. The number of hydrogen-bond acceptors (Lipinski definition) is 2. The summed E-state index contributed by atoms with van der Waals surface area (Å²) in [6.07, 6.45) is 0. The summed E-state index contributed by atoms with van der Waals surface area (Å²) in [6.45, 7) is 6.24. The van der Waals surface area contributed by atoms with Crippen molar-refractivity contribution in [2.24, 2.45) is 0 Å². The molecule has 1 fully saturated rings. The van der Waals surface area contributed by atoms with Gasteiger partial charge in [-0.1, -0.05) is 47.5 Å². The van der Waals surface area contributed by atoms with Gasteiger partial charge in [-0.15, -0.1) is 0 Å². The van der Waals surface area contributed by atoms with E-state index in [0.717, 1.165) is 36.2 Å². The molecule has 21 heavy (non-hydrogen) atoms. The van der Waals surface area contributed by atoms with Crippen LogP contribution in [0.4, 0.5) is 5.69 Å². The first-order chi connectivity index (χ1) is 10.2. The van der Waals surface area contributed by atoms with Gasteiger partial charge in [0.05, 0.1) is 10.7 Å². The molecule has 3 rings (SSSR count). The van der Waals surface area contributed by atoms with Crippen LogP contribution in [0.25, 0.3) is 0 Å². The van der Waals surface area contributed by atoms with Crippen LogP contribution in [0.1, 0.15) is 5.56 Å². The molecule has 1 N–H and O–H groups in total. The third-order valence-corrected chi connectivity index (χ3v) is 3.85. The van der Waals surface area contributed by atoms with E-state index in [9.17, 15) is 0 Å². The maximum atomic E-state index is 6.20. The Hall–Kier alpha value is -1.22. The van der Waals surface area contributed by atoms with Gasteiger partial charge in [0.2, 0.25) is 0 Å². The number of piperazine rings is 1. The quantitative estimate of drug-likeness (QED) is 0.837. The van der Waals surface area contributed by atoms with Gasteiger partial charge in [0.1, 0.15) is 0 Å². The van der Waals surface area contributed by atoms with Gasteiger partial charge in [0.25, 0.3) is 0 Å².